The topological polar surface area (TPSA) is 9.23 Å². The largest absolute Gasteiger partial charge is 0.494 e. The number of hydrogen-bond donors (Lipinski definition) is 0. The first-order chi connectivity index (χ1) is 15.8. The Balaban J connectivity index is 1.44. The third-order valence-electron chi connectivity index (χ3n) is 6.82. The zero-order chi connectivity index (χ0) is 22.4. The minimum absolute atomic E-state index is 0.589. The van der Waals surface area contributed by atoms with Crippen LogP contribution < -0.4 is 4.74 Å². The zero-order valence-corrected chi connectivity index (χ0v) is 20.4. The molecule has 0 spiro atoms. The summed E-state index contributed by atoms with van der Waals surface area (Å²) < 4.78 is 5.86. The van der Waals surface area contributed by atoms with E-state index in [0.29, 0.717) is 5.92 Å². The minimum Gasteiger partial charge on any atom is -0.494 e. The van der Waals surface area contributed by atoms with Gasteiger partial charge in [0.25, 0.3) is 0 Å². The second-order valence-electron chi connectivity index (χ2n) is 9.49. The predicted octanol–water partition coefficient (Wildman–Crippen LogP) is 9.05. The van der Waals surface area contributed by atoms with E-state index < -0.39 is 0 Å². The number of benzene rings is 2. The van der Waals surface area contributed by atoms with E-state index in [1.54, 1.807) is 0 Å². The lowest BCUT2D eigenvalue weighted by molar-refractivity contribution is 0.294. The maximum absolute atomic E-state index is 5.86. The second kappa shape index (κ2) is 14.1. The molecule has 172 valence electrons. The first-order valence-corrected chi connectivity index (χ1v) is 13.1. The lowest BCUT2D eigenvalue weighted by atomic mass is 9.80. The van der Waals surface area contributed by atoms with Gasteiger partial charge >= 0.3 is 0 Å². The maximum atomic E-state index is 5.86. The van der Waals surface area contributed by atoms with Crippen molar-refractivity contribution < 1.29 is 4.74 Å². The van der Waals surface area contributed by atoms with Gasteiger partial charge in [-0.2, -0.15) is 0 Å². The van der Waals surface area contributed by atoms with E-state index in [4.69, 9.17) is 4.74 Å². The van der Waals surface area contributed by atoms with Crippen molar-refractivity contribution in [3.63, 3.8) is 0 Å². The summed E-state index contributed by atoms with van der Waals surface area (Å²) in [6, 6.07) is 17.2. The molecule has 3 rings (SSSR count). The second-order valence-corrected chi connectivity index (χ2v) is 9.49. The lowest BCUT2D eigenvalue weighted by Gasteiger charge is -2.25. The average Bonchev–Trinajstić information content (AvgIpc) is 2.84. The normalized spacial score (nSPS) is 18.1. The Morgan fingerprint density at radius 2 is 1.34 bits per heavy atom. The predicted molar refractivity (Wildman–Crippen MR) is 138 cm³/mol. The molecule has 0 aromatic heterocycles. The van der Waals surface area contributed by atoms with E-state index in [1.807, 2.05) is 0 Å². The van der Waals surface area contributed by atoms with Crippen LogP contribution in [0.3, 0.4) is 0 Å². The van der Waals surface area contributed by atoms with Crippen molar-refractivity contribution in [3.8, 4) is 28.7 Å². The molecular weight excluding hydrogens is 388 g/mol. The molecule has 0 bridgehead atoms. The third-order valence-corrected chi connectivity index (χ3v) is 6.82. The molecule has 0 unspecified atom stereocenters. The Labute approximate surface area is 197 Å². The smallest absolute Gasteiger partial charge is 0.119 e. The van der Waals surface area contributed by atoms with E-state index in [-0.39, 0.29) is 0 Å². The van der Waals surface area contributed by atoms with Crippen molar-refractivity contribution in [2.24, 2.45) is 11.8 Å². The van der Waals surface area contributed by atoms with Gasteiger partial charge in [0, 0.05) is 11.5 Å². The van der Waals surface area contributed by atoms with Crippen molar-refractivity contribution in [1.82, 2.24) is 0 Å². The van der Waals surface area contributed by atoms with Crippen LogP contribution in [0.4, 0.5) is 0 Å². The molecule has 1 saturated carbocycles. The first-order valence-electron chi connectivity index (χ1n) is 13.1. The highest BCUT2D eigenvalue weighted by Crippen LogP contribution is 2.31. The summed E-state index contributed by atoms with van der Waals surface area (Å²) in [5.74, 6) is 9.51. The quantitative estimate of drug-likeness (QED) is 0.255. The zero-order valence-electron chi connectivity index (χ0n) is 20.4. The monoisotopic (exact) mass is 430 g/mol. The van der Waals surface area contributed by atoms with Gasteiger partial charge in [-0.15, -0.1) is 0 Å². The maximum Gasteiger partial charge on any atom is 0.119 e. The fraction of sp³-hybridized carbons (Fsp3) is 0.548. The van der Waals surface area contributed by atoms with E-state index in [1.165, 1.54) is 81.8 Å². The molecular formula is C31H42O. The molecule has 1 heteroatoms. The molecule has 0 heterocycles. The van der Waals surface area contributed by atoms with Crippen molar-refractivity contribution in [2.45, 2.75) is 90.9 Å². The van der Waals surface area contributed by atoms with Gasteiger partial charge in [-0.05, 0) is 73.4 Å². The van der Waals surface area contributed by atoms with Crippen LogP contribution >= 0.6 is 0 Å². The van der Waals surface area contributed by atoms with Gasteiger partial charge < -0.3 is 4.74 Å². The molecule has 1 fully saturated rings. The summed E-state index contributed by atoms with van der Waals surface area (Å²) in [5, 5.41) is 0. The van der Waals surface area contributed by atoms with Crippen molar-refractivity contribution >= 4 is 0 Å². The van der Waals surface area contributed by atoms with Crippen LogP contribution in [-0.2, 0) is 0 Å². The molecule has 32 heavy (non-hydrogen) atoms. The number of ether oxygens (including phenoxy) is 1. The molecule has 0 N–H and O–H groups in total. The highest BCUT2D eigenvalue weighted by atomic mass is 16.5. The van der Waals surface area contributed by atoms with Crippen molar-refractivity contribution in [2.75, 3.05) is 6.61 Å². The highest BCUT2D eigenvalue weighted by Gasteiger charge is 2.19. The van der Waals surface area contributed by atoms with Crippen LogP contribution in [0.5, 0.6) is 5.75 Å². The van der Waals surface area contributed by atoms with Crippen molar-refractivity contribution in [3.05, 3.63) is 54.1 Å². The third kappa shape index (κ3) is 8.38. The summed E-state index contributed by atoms with van der Waals surface area (Å²) in [4.78, 5) is 0. The molecule has 0 radical (unpaired) electrons. The molecule has 1 nitrogen and oxygen atoms in total. The van der Waals surface area contributed by atoms with Gasteiger partial charge in [0.15, 0.2) is 0 Å². The van der Waals surface area contributed by atoms with Gasteiger partial charge in [-0.1, -0.05) is 94.9 Å². The average molecular weight is 431 g/mol. The van der Waals surface area contributed by atoms with E-state index in [2.05, 4.69) is 74.2 Å². The summed E-state index contributed by atoms with van der Waals surface area (Å²) in [6.07, 6.45) is 15.8. The SMILES string of the molecule is CCCCCCOc1ccc(-c2ccc(C#CC3CCC(CCCCC)CC3)cc2)cc1. The Morgan fingerprint density at radius 3 is 2.00 bits per heavy atom. The molecule has 0 atom stereocenters. The van der Waals surface area contributed by atoms with Gasteiger partial charge in [0.05, 0.1) is 6.61 Å². The standard InChI is InChI=1S/C31H42O/c1-3-5-7-9-25-32-31-23-21-30(22-24-31)29-19-17-28(18-20-29)16-15-27-13-11-26(12-14-27)10-8-6-4-2/h17-24,26-27H,3-14,25H2,1-2H3. The van der Waals surface area contributed by atoms with Crippen LogP contribution in [0.2, 0.25) is 0 Å². The Morgan fingerprint density at radius 1 is 0.719 bits per heavy atom. The summed E-state index contributed by atoms with van der Waals surface area (Å²) in [6.45, 7) is 5.34. The van der Waals surface area contributed by atoms with Crippen LogP contribution in [-0.4, -0.2) is 6.61 Å². The van der Waals surface area contributed by atoms with Crippen LogP contribution in [0, 0.1) is 23.7 Å². The van der Waals surface area contributed by atoms with Gasteiger partial charge in [0.2, 0.25) is 0 Å². The van der Waals surface area contributed by atoms with Crippen LogP contribution in [0.25, 0.3) is 11.1 Å². The van der Waals surface area contributed by atoms with Gasteiger partial charge in [0.1, 0.15) is 5.75 Å². The van der Waals surface area contributed by atoms with E-state index >= 15 is 0 Å². The minimum atomic E-state index is 0.589. The number of unbranched alkanes of at least 4 members (excludes halogenated alkanes) is 5. The number of rotatable bonds is 11. The summed E-state index contributed by atoms with van der Waals surface area (Å²) in [7, 11) is 0. The van der Waals surface area contributed by atoms with Crippen LogP contribution in [0.15, 0.2) is 48.5 Å². The fourth-order valence-electron chi connectivity index (χ4n) is 4.67. The molecule has 0 aliphatic heterocycles. The van der Waals surface area contributed by atoms with Gasteiger partial charge in [-0.25, -0.2) is 0 Å². The first kappa shape index (κ1) is 24.4. The molecule has 2 aromatic carbocycles. The Kier molecular flexibility index (Phi) is 10.7. The highest BCUT2D eigenvalue weighted by molar-refractivity contribution is 5.65. The Bertz CT molecular complexity index is 814. The molecule has 2 aromatic rings. The van der Waals surface area contributed by atoms with Crippen molar-refractivity contribution in [1.29, 1.82) is 0 Å². The summed E-state index contributed by atoms with van der Waals surface area (Å²) in [5.41, 5.74) is 3.59. The lowest BCUT2D eigenvalue weighted by Crippen LogP contribution is -2.13. The molecule has 1 aliphatic rings. The van der Waals surface area contributed by atoms with Crippen LogP contribution in [0.1, 0.15) is 96.5 Å². The molecule has 1 aliphatic carbocycles. The van der Waals surface area contributed by atoms with E-state index in [0.717, 1.165) is 30.3 Å². The molecule has 0 saturated heterocycles. The summed E-state index contributed by atoms with van der Waals surface area (Å²) >= 11 is 0. The fourth-order valence-corrected chi connectivity index (χ4v) is 4.67. The van der Waals surface area contributed by atoms with Gasteiger partial charge in [-0.3, -0.25) is 0 Å². The van der Waals surface area contributed by atoms with E-state index in [9.17, 15) is 0 Å². The Hall–Kier alpha value is -2.20. The molecule has 0 amide bonds. The number of hydrogen-bond acceptors (Lipinski definition) is 1.